The van der Waals surface area contributed by atoms with Gasteiger partial charge in [-0.25, -0.2) is 0 Å². The molecule has 2 N–H and O–H groups in total. The number of aryl methyl sites for hydroxylation is 1. The van der Waals surface area contributed by atoms with E-state index in [1.807, 2.05) is 26.0 Å². The van der Waals surface area contributed by atoms with E-state index in [0.717, 1.165) is 23.1 Å². The minimum atomic E-state index is -0.557. The summed E-state index contributed by atoms with van der Waals surface area (Å²) in [4.78, 5) is 11.3. The molecular weight excluding hydrogens is 230 g/mol. The third-order valence-corrected chi connectivity index (χ3v) is 3.04. The minimum Gasteiger partial charge on any atom is -0.490 e. The average molecular weight is 247 g/mol. The fraction of sp³-hybridized carbons (Fsp3) is 0.357. The lowest BCUT2D eigenvalue weighted by molar-refractivity contribution is 0.0975. The van der Waals surface area contributed by atoms with Gasteiger partial charge in [0.25, 0.3) is 5.91 Å². The first-order valence-electron chi connectivity index (χ1n) is 6.03. The molecule has 0 fully saturated rings. The van der Waals surface area contributed by atoms with Crippen LogP contribution in [-0.2, 0) is 0 Å². The highest BCUT2D eigenvalue weighted by Gasteiger charge is 2.18. The normalized spacial score (nSPS) is 12.6. The molecule has 0 aliphatic rings. The summed E-state index contributed by atoms with van der Waals surface area (Å²) in [6, 6.07) is 5.52. The summed E-state index contributed by atoms with van der Waals surface area (Å²) >= 11 is 0. The molecule has 1 amide bonds. The van der Waals surface area contributed by atoms with Crippen molar-refractivity contribution in [1.82, 2.24) is 0 Å². The van der Waals surface area contributed by atoms with Gasteiger partial charge in [-0.15, -0.1) is 0 Å². The maximum absolute atomic E-state index is 11.3. The average Bonchev–Trinajstić information content (AvgIpc) is 2.68. The number of hydrogen-bond acceptors (Lipinski definition) is 3. The Labute approximate surface area is 106 Å². The van der Waals surface area contributed by atoms with Crippen molar-refractivity contribution in [1.29, 1.82) is 0 Å². The Morgan fingerprint density at radius 2 is 2.22 bits per heavy atom. The fourth-order valence-corrected chi connectivity index (χ4v) is 1.90. The maximum atomic E-state index is 11.3. The van der Waals surface area contributed by atoms with Crippen LogP contribution < -0.4 is 10.5 Å². The molecule has 0 spiro atoms. The number of ether oxygens (including phenoxy) is 1. The first-order valence-corrected chi connectivity index (χ1v) is 6.03. The highest BCUT2D eigenvalue weighted by Crippen LogP contribution is 2.33. The zero-order chi connectivity index (χ0) is 13.3. The van der Waals surface area contributed by atoms with Crippen molar-refractivity contribution < 1.29 is 13.9 Å². The van der Waals surface area contributed by atoms with E-state index in [0.29, 0.717) is 5.58 Å². The lowest BCUT2D eigenvalue weighted by Gasteiger charge is -2.13. The number of carbonyl (C=O) groups excluding carboxylic acids is 1. The number of furan rings is 1. The van der Waals surface area contributed by atoms with Crippen LogP contribution in [0.4, 0.5) is 0 Å². The van der Waals surface area contributed by atoms with E-state index < -0.39 is 5.91 Å². The van der Waals surface area contributed by atoms with E-state index in [-0.39, 0.29) is 11.9 Å². The third kappa shape index (κ3) is 2.06. The van der Waals surface area contributed by atoms with Crippen LogP contribution in [0.3, 0.4) is 0 Å². The van der Waals surface area contributed by atoms with Crippen molar-refractivity contribution >= 4 is 16.9 Å². The molecule has 4 heteroatoms. The monoisotopic (exact) mass is 247 g/mol. The van der Waals surface area contributed by atoms with Gasteiger partial charge < -0.3 is 14.9 Å². The summed E-state index contributed by atoms with van der Waals surface area (Å²) in [5.41, 5.74) is 6.64. The van der Waals surface area contributed by atoms with Crippen LogP contribution >= 0.6 is 0 Å². The van der Waals surface area contributed by atoms with E-state index in [2.05, 4.69) is 6.92 Å². The van der Waals surface area contributed by atoms with Crippen LogP contribution in [0.15, 0.2) is 22.6 Å². The number of amides is 1. The number of nitrogens with two attached hydrogens (primary N) is 1. The molecule has 1 atom stereocenters. The van der Waals surface area contributed by atoms with Crippen molar-refractivity contribution in [3.05, 3.63) is 29.5 Å². The molecule has 1 heterocycles. The van der Waals surface area contributed by atoms with Crippen molar-refractivity contribution in [2.24, 2.45) is 5.73 Å². The molecule has 4 nitrogen and oxygen atoms in total. The van der Waals surface area contributed by atoms with Gasteiger partial charge in [-0.2, -0.15) is 0 Å². The highest BCUT2D eigenvalue weighted by atomic mass is 16.5. The van der Waals surface area contributed by atoms with Crippen LogP contribution in [0.2, 0.25) is 0 Å². The summed E-state index contributed by atoms with van der Waals surface area (Å²) in [5.74, 6) is 0.374. The molecule has 0 aliphatic carbocycles. The second kappa shape index (κ2) is 4.72. The lowest BCUT2D eigenvalue weighted by atomic mass is 10.1. The summed E-state index contributed by atoms with van der Waals surface area (Å²) < 4.78 is 11.3. The van der Waals surface area contributed by atoms with Gasteiger partial charge in [-0.3, -0.25) is 4.79 Å². The lowest BCUT2D eigenvalue weighted by Crippen LogP contribution is -2.11. The topological polar surface area (TPSA) is 65.5 Å². The Morgan fingerprint density at radius 1 is 1.50 bits per heavy atom. The van der Waals surface area contributed by atoms with Gasteiger partial charge in [0.2, 0.25) is 0 Å². The molecule has 1 unspecified atom stereocenters. The van der Waals surface area contributed by atoms with Crippen molar-refractivity contribution in [3.63, 3.8) is 0 Å². The number of carbonyl (C=O) groups is 1. The molecule has 18 heavy (non-hydrogen) atoms. The van der Waals surface area contributed by atoms with Crippen LogP contribution in [0, 0.1) is 6.92 Å². The first kappa shape index (κ1) is 12.5. The molecular formula is C14H17NO3. The van der Waals surface area contributed by atoms with Crippen LogP contribution in [-0.4, -0.2) is 12.0 Å². The minimum absolute atomic E-state index is 0.113. The second-order valence-electron chi connectivity index (χ2n) is 4.39. The molecule has 96 valence electrons. The second-order valence-corrected chi connectivity index (χ2v) is 4.39. The number of rotatable bonds is 4. The molecule has 0 bridgehead atoms. The Kier molecular flexibility index (Phi) is 3.28. The van der Waals surface area contributed by atoms with Crippen molar-refractivity contribution in [2.75, 3.05) is 0 Å². The molecule has 0 saturated carbocycles. The molecule has 2 aromatic rings. The number of hydrogen-bond donors (Lipinski definition) is 1. The number of primary amides is 1. The largest absolute Gasteiger partial charge is 0.490 e. The van der Waals surface area contributed by atoms with Crippen molar-refractivity contribution in [2.45, 2.75) is 33.3 Å². The molecule has 2 rings (SSSR count). The maximum Gasteiger partial charge on any atom is 0.284 e. The third-order valence-electron chi connectivity index (χ3n) is 3.04. The number of benzene rings is 1. The Hall–Kier alpha value is -1.97. The molecule has 0 aliphatic heterocycles. The van der Waals surface area contributed by atoms with E-state index in [1.54, 1.807) is 6.07 Å². The standard InChI is InChI=1S/C14H17NO3/c1-4-8(2)17-10-6-5-7-11-12(10)9(3)13(18-11)14(15)16/h5-8H,4H2,1-3H3,(H2,15,16). The van der Waals surface area contributed by atoms with Gasteiger partial charge in [0.1, 0.15) is 11.3 Å². The van der Waals surface area contributed by atoms with Crippen LogP contribution in [0.5, 0.6) is 5.75 Å². The summed E-state index contributed by atoms with van der Waals surface area (Å²) in [5, 5.41) is 0.826. The number of fused-ring (bicyclic) bond motifs is 1. The fourth-order valence-electron chi connectivity index (χ4n) is 1.90. The van der Waals surface area contributed by atoms with Gasteiger partial charge in [0.15, 0.2) is 5.76 Å². The van der Waals surface area contributed by atoms with Gasteiger partial charge in [-0.1, -0.05) is 13.0 Å². The van der Waals surface area contributed by atoms with Gasteiger partial charge in [0.05, 0.1) is 11.5 Å². The molecule has 1 aromatic heterocycles. The summed E-state index contributed by atoms with van der Waals surface area (Å²) in [6.07, 6.45) is 1.03. The van der Waals surface area contributed by atoms with E-state index in [4.69, 9.17) is 14.9 Å². The highest BCUT2D eigenvalue weighted by molar-refractivity contribution is 5.99. The zero-order valence-corrected chi connectivity index (χ0v) is 10.8. The smallest absolute Gasteiger partial charge is 0.284 e. The Morgan fingerprint density at radius 3 is 2.83 bits per heavy atom. The Bertz CT molecular complexity index is 586. The predicted octanol–water partition coefficient (Wildman–Crippen LogP) is 3.02. The molecule has 0 radical (unpaired) electrons. The summed E-state index contributed by atoms with van der Waals surface area (Å²) in [7, 11) is 0. The molecule has 1 aromatic carbocycles. The summed E-state index contributed by atoms with van der Waals surface area (Å²) in [6.45, 7) is 5.88. The SMILES string of the molecule is CCC(C)Oc1cccc2oc(C(N)=O)c(C)c12. The van der Waals surface area contributed by atoms with E-state index >= 15 is 0 Å². The first-order chi connectivity index (χ1) is 8.54. The van der Waals surface area contributed by atoms with E-state index in [9.17, 15) is 4.79 Å². The van der Waals surface area contributed by atoms with E-state index in [1.165, 1.54) is 0 Å². The predicted molar refractivity (Wildman–Crippen MR) is 69.8 cm³/mol. The van der Waals surface area contributed by atoms with Crippen LogP contribution in [0.1, 0.15) is 36.4 Å². The van der Waals surface area contributed by atoms with Crippen LogP contribution in [0.25, 0.3) is 11.0 Å². The quantitative estimate of drug-likeness (QED) is 0.903. The van der Waals surface area contributed by atoms with Gasteiger partial charge in [0, 0.05) is 5.56 Å². The van der Waals surface area contributed by atoms with Crippen molar-refractivity contribution in [3.8, 4) is 5.75 Å². The molecule has 0 saturated heterocycles. The zero-order valence-electron chi connectivity index (χ0n) is 10.8. The Balaban J connectivity index is 2.57. The van der Waals surface area contributed by atoms with Gasteiger partial charge in [-0.05, 0) is 32.4 Å². The van der Waals surface area contributed by atoms with Gasteiger partial charge >= 0.3 is 0 Å².